The van der Waals surface area contributed by atoms with Crippen LogP contribution in [0.2, 0.25) is 0 Å². The van der Waals surface area contributed by atoms with Gasteiger partial charge in [-0.1, -0.05) is 6.07 Å². The fraction of sp³-hybridized carbons (Fsp3) is 0.389. The summed E-state index contributed by atoms with van der Waals surface area (Å²) in [5, 5.41) is 8.14. The molecule has 2 rings (SSSR count). The molecule has 1 unspecified atom stereocenters. The van der Waals surface area contributed by atoms with Crippen molar-refractivity contribution in [1.82, 2.24) is 20.5 Å². The third-order valence-corrected chi connectivity index (χ3v) is 3.77. The maximum absolute atomic E-state index is 11.9. The average molecular weight is 359 g/mol. The van der Waals surface area contributed by atoms with Gasteiger partial charge in [-0.05, 0) is 44.8 Å². The van der Waals surface area contributed by atoms with Crippen molar-refractivity contribution in [3.8, 4) is 0 Å². The number of nitrogens with one attached hydrogen (secondary N) is 3. The predicted octanol–water partition coefficient (Wildman–Crippen LogP) is 1.91. The number of pyridine rings is 1. The molecule has 0 bridgehead atoms. The molecule has 0 aromatic carbocycles. The number of rotatable bonds is 8. The molecule has 8 heteroatoms. The highest BCUT2D eigenvalue weighted by Gasteiger charge is 2.17. The van der Waals surface area contributed by atoms with Crippen LogP contribution in [0.5, 0.6) is 0 Å². The monoisotopic (exact) mass is 359 g/mol. The Labute approximate surface area is 153 Å². The van der Waals surface area contributed by atoms with Crippen molar-refractivity contribution in [2.45, 2.75) is 19.4 Å². The van der Waals surface area contributed by atoms with Gasteiger partial charge < -0.3 is 20.4 Å². The number of aromatic nitrogens is 1. The fourth-order valence-electron chi connectivity index (χ4n) is 2.31. The second-order valence-corrected chi connectivity index (χ2v) is 6.15. The zero-order valence-electron chi connectivity index (χ0n) is 15.3. The summed E-state index contributed by atoms with van der Waals surface area (Å²) in [5.74, 6) is 1.07. The first kappa shape index (κ1) is 19.5. The number of amides is 3. The van der Waals surface area contributed by atoms with E-state index in [4.69, 9.17) is 4.42 Å². The zero-order chi connectivity index (χ0) is 18.9. The second kappa shape index (κ2) is 9.57. The van der Waals surface area contributed by atoms with Gasteiger partial charge in [-0.25, -0.2) is 9.78 Å². The fourth-order valence-corrected chi connectivity index (χ4v) is 2.31. The molecule has 0 fully saturated rings. The molecule has 26 heavy (non-hydrogen) atoms. The third kappa shape index (κ3) is 6.21. The molecule has 0 spiro atoms. The van der Waals surface area contributed by atoms with Crippen LogP contribution < -0.4 is 16.0 Å². The Bertz CT molecular complexity index is 698. The molecule has 1 atom stereocenters. The summed E-state index contributed by atoms with van der Waals surface area (Å²) in [6, 6.07) is 6.90. The van der Waals surface area contributed by atoms with Gasteiger partial charge in [0.15, 0.2) is 0 Å². The molecule has 0 aliphatic heterocycles. The minimum Gasteiger partial charge on any atom is -0.468 e. The summed E-state index contributed by atoms with van der Waals surface area (Å²) in [6.07, 6.45) is 3.45. The highest BCUT2D eigenvalue weighted by atomic mass is 16.3. The molecule has 0 aliphatic rings. The normalized spacial score (nSPS) is 11.8. The number of carbonyl (C=O) groups excluding carboxylic acids is 2. The van der Waals surface area contributed by atoms with Gasteiger partial charge in [0.05, 0.1) is 12.3 Å². The average Bonchev–Trinajstić information content (AvgIpc) is 3.11. The summed E-state index contributed by atoms with van der Waals surface area (Å²) in [5.41, 5.74) is 1.02. The molecule has 2 aromatic heterocycles. The minimum absolute atomic E-state index is 0.0633. The maximum atomic E-state index is 11.9. The molecule has 3 N–H and O–H groups in total. The van der Waals surface area contributed by atoms with Crippen molar-refractivity contribution in [3.63, 3.8) is 0 Å². The topological polar surface area (TPSA) is 99.5 Å². The van der Waals surface area contributed by atoms with E-state index < -0.39 is 0 Å². The van der Waals surface area contributed by atoms with Gasteiger partial charge >= 0.3 is 6.03 Å². The van der Waals surface area contributed by atoms with E-state index in [1.54, 1.807) is 18.5 Å². The van der Waals surface area contributed by atoms with Crippen molar-refractivity contribution in [2.24, 2.45) is 0 Å². The predicted molar refractivity (Wildman–Crippen MR) is 98.8 cm³/mol. The van der Waals surface area contributed by atoms with Gasteiger partial charge in [-0.15, -0.1) is 0 Å². The van der Waals surface area contributed by atoms with E-state index in [0.29, 0.717) is 12.4 Å². The van der Waals surface area contributed by atoms with Crippen LogP contribution in [-0.4, -0.2) is 49.0 Å². The quantitative estimate of drug-likeness (QED) is 0.669. The van der Waals surface area contributed by atoms with Gasteiger partial charge in [0, 0.05) is 25.7 Å². The first-order chi connectivity index (χ1) is 12.5. The van der Waals surface area contributed by atoms with Crippen molar-refractivity contribution >= 4 is 17.8 Å². The van der Waals surface area contributed by atoms with Crippen molar-refractivity contribution < 1.29 is 14.0 Å². The number of furan rings is 1. The van der Waals surface area contributed by atoms with Crippen LogP contribution in [0, 0.1) is 6.92 Å². The Kier molecular flexibility index (Phi) is 7.16. The first-order valence-corrected chi connectivity index (χ1v) is 8.39. The standard InChI is InChI=1S/C18H25N5O3/c1-13-6-7-16(20-11-13)22-17(24)8-9-19-18(25)21-12-14(23(2)3)15-5-4-10-26-15/h4-7,10-11,14H,8-9,12H2,1-3H3,(H2,19,21,25)(H,20,22,24). The van der Waals surface area contributed by atoms with E-state index in [0.717, 1.165) is 11.3 Å². The van der Waals surface area contributed by atoms with Gasteiger partial charge in [-0.2, -0.15) is 0 Å². The van der Waals surface area contributed by atoms with Crippen LogP contribution in [0.15, 0.2) is 41.1 Å². The summed E-state index contributed by atoms with van der Waals surface area (Å²) in [7, 11) is 3.83. The van der Waals surface area contributed by atoms with E-state index in [1.165, 1.54) is 0 Å². The summed E-state index contributed by atoms with van der Waals surface area (Å²) in [6.45, 7) is 2.55. The molecule has 140 valence electrons. The molecule has 3 amide bonds. The highest BCUT2D eigenvalue weighted by molar-refractivity contribution is 5.90. The molecule has 2 heterocycles. The number of likely N-dealkylation sites (N-methyl/N-ethyl adjacent to an activating group) is 1. The second-order valence-electron chi connectivity index (χ2n) is 6.15. The van der Waals surface area contributed by atoms with Crippen molar-refractivity contribution in [2.75, 3.05) is 32.5 Å². The molecule has 2 aromatic rings. The van der Waals surface area contributed by atoms with Crippen LogP contribution >= 0.6 is 0 Å². The summed E-state index contributed by atoms with van der Waals surface area (Å²) >= 11 is 0. The highest BCUT2D eigenvalue weighted by Crippen LogP contribution is 2.17. The van der Waals surface area contributed by atoms with E-state index >= 15 is 0 Å². The molecular formula is C18H25N5O3. The third-order valence-electron chi connectivity index (χ3n) is 3.77. The first-order valence-electron chi connectivity index (χ1n) is 8.39. The van der Waals surface area contributed by atoms with E-state index in [2.05, 4.69) is 20.9 Å². The molecule has 0 saturated heterocycles. The number of carbonyl (C=O) groups is 2. The lowest BCUT2D eigenvalue weighted by molar-refractivity contribution is -0.116. The van der Waals surface area contributed by atoms with Crippen molar-refractivity contribution in [1.29, 1.82) is 0 Å². The Morgan fingerprint density at radius 3 is 2.65 bits per heavy atom. The molecule has 0 saturated carbocycles. The summed E-state index contributed by atoms with van der Waals surface area (Å²) in [4.78, 5) is 29.8. The Morgan fingerprint density at radius 2 is 2.04 bits per heavy atom. The van der Waals surface area contributed by atoms with Crippen LogP contribution in [0.3, 0.4) is 0 Å². The minimum atomic E-state index is -0.329. The molecule has 0 radical (unpaired) electrons. The number of nitrogens with zero attached hydrogens (tertiary/aromatic N) is 2. The van der Waals surface area contributed by atoms with Crippen LogP contribution in [0.25, 0.3) is 0 Å². The van der Waals surface area contributed by atoms with E-state index in [1.807, 2.05) is 44.1 Å². The lowest BCUT2D eigenvalue weighted by Crippen LogP contribution is -2.41. The Hall–Kier alpha value is -2.87. The van der Waals surface area contributed by atoms with Crippen molar-refractivity contribution in [3.05, 3.63) is 48.0 Å². The molecule has 8 nitrogen and oxygen atoms in total. The number of urea groups is 1. The number of hydrogen-bond donors (Lipinski definition) is 3. The zero-order valence-corrected chi connectivity index (χ0v) is 15.3. The SMILES string of the molecule is Cc1ccc(NC(=O)CCNC(=O)NCC(c2ccco2)N(C)C)nc1. The number of anilines is 1. The van der Waals surface area contributed by atoms with Gasteiger partial charge in [0.2, 0.25) is 5.91 Å². The Morgan fingerprint density at radius 1 is 1.23 bits per heavy atom. The maximum Gasteiger partial charge on any atom is 0.314 e. The number of hydrogen-bond acceptors (Lipinski definition) is 5. The Balaban J connectivity index is 1.68. The van der Waals surface area contributed by atoms with Gasteiger partial charge in [-0.3, -0.25) is 9.69 Å². The van der Waals surface area contributed by atoms with Crippen LogP contribution in [-0.2, 0) is 4.79 Å². The lowest BCUT2D eigenvalue weighted by atomic mass is 10.2. The van der Waals surface area contributed by atoms with Crippen LogP contribution in [0.4, 0.5) is 10.6 Å². The number of aryl methyl sites for hydroxylation is 1. The smallest absolute Gasteiger partial charge is 0.314 e. The van der Waals surface area contributed by atoms with Gasteiger partial charge in [0.1, 0.15) is 11.6 Å². The molecule has 0 aliphatic carbocycles. The van der Waals surface area contributed by atoms with E-state index in [9.17, 15) is 9.59 Å². The molecular weight excluding hydrogens is 334 g/mol. The largest absolute Gasteiger partial charge is 0.468 e. The van der Waals surface area contributed by atoms with Gasteiger partial charge in [0.25, 0.3) is 0 Å². The summed E-state index contributed by atoms with van der Waals surface area (Å²) < 4.78 is 5.39. The lowest BCUT2D eigenvalue weighted by Gasteiger charge is -2.22. The van der Waals surface area contributed by atoms with E-state index in [-0.39, 0.29) is 30.9 Å². The van der Waals surface area contributed by atoms with Crippen LogP contribution in [0.1, 0.15) is 23.8 Å².